The molecular formula is C17H25NO4. The molecule has 0 fully saturated rings. The Balaban J connectivity index is 2.35. The van der Waals surface area contributed by atoms with Crippen molar-refractivity contribution in [1.29, 1.82) is 0 Å². The molecule has 1 aromatic rings. The summed E-state index contributed by atoms with van der Waals surface area (Å²) in [4.78, 5) is 22.4. The molecule has 22 heavy (non-hydrogen) atoms. The average molecular weight is 307 g/mol. The van der Waals surface area contributed by atoms with Crippen LogP contribution in [0, 0.1) is 5.92 Å². The smallest absolute Gasteiger partial charge is 0.309 e. The number of hydrogen-bond acceptors (Lipinski definition) is 3. The summed E-state index contributed by atoms with van der Waals surface area (Å²) < 4.78 is 5.39. The zero-order valence-corrected chi connectivity index (χ0v) is 13.3. The summed E-state index contributed by atoms with van der Waals surface area (Å²) in [5.74, 6) is -0.826. The number of anilines is 1. The largest absolute Gasteiger partial charge is 0.493 e. The average Bonchev–Trinajstić information content (AvgIpc) is 2.50. The second kappa shape index (κ2) is 9.82. The van der Waals surface area contributed by atoms with Crippen molar-refractivity contribution in [3.05, 3.63) is 24.3 Å². The van der Waals surface area contributed by atoms with E-state index >= 15 is 0 Å². The lowest BCUT2D eigenvalue weighted by molar-refractivity contribution is -0.142. The van der Waals surface area contributed by atoms with E-state index in [0.717, 1.165) is 31.4 Å². The van der Waals surface area contributed by atoms with Crippen LogP contribution in [-0.2, 0) is 9.59 Å². The molecule has 0 aliphatic rings. The number of carbonyl (C=O) groups excluding carboxylic acids is 1. The third-order valence-corrected chi connectivity index (χ3v) is 3.32. The van der Waals surface area contributed by atoms with Crippen molar-refractivity contribution in [2.24, 2.45) is 5.92 Å². The minimum absolute atomic E-state index is 0.0178. The Morgan fingerprint density at radius 2 is 1.86 bits per heavy atom. The second-order valence-corrected chi connectivity index (χ2v) is 5.43. The fourth-order valence-electron chi connectivity index (χ4n) is 1.86. The fourth-order valence-corrected chi connectivity index (χ4v) is 1.86. The van der Waals surface area contributed by atoms with Crippen LogP contribution >= 0.6 is 0 Å². The highest BCUT2D eigenvalue weighted by Gasteiger charge is 2.11. The van der Waals surface area contributed by atoms with E-state index in [1.807, 2.05) is 0 Å². The minimum atomic E-state index is -0.882. The van der Waals surface area contributed by atoms with Crippen LogP contribution < -0.4 is 10.1 Å². The van der Waals surface area contributed by atoms with Gasteiger partial charge in [-0.1, -0.05) is 26.2 Å². The molecular weight excluding hydrogens is 282 g/mol. The molecule has 0 spiro atoms. The molecule has 0 saturated carbocycles. The van der Waals surface area contributed by atoms with Crippen molar-refractivity contribution < 1.29 is 19.4 Å². The van der Waals surface area contributed by atoms with Crippen molar-refractivity contribution >= 4 is 17.6 Å². The van der Waals surface area contributed by atoms with Crippen LogP contribution in [-0.4, -0.2) is 23.6 Å². The number of aliphatic carboxylic acids is 1. The first kappa shape index (κ1) is 18.0. The van der Waals surface area contributed by atoms with Gasteiger partial charge in [0.15, 0.2) is 0 Å². The van der Waals surface area contributed by atoms with Gasteiger partial charge in [-0.2, -0.15) is 0 Å². The molecule has 1 amide bonds. The summed E-state index contributed by atoms with van der Waals surface area (Å²) in [6.45, 7) is 3.86. The van der Waals surface area contributed by atoms with Gasteiger partial charge in [-0.25, -0.2) is 0 Å². The lowest BCUT2D eigenvalue weighted by atomic mass is 10.1. The molecule has 0 saturated heterocycles. The summed E-state index contributed by atoms with van der Waals surface area (Å²) in [6.07, 6.45) is 4.85. The monoisotopic (exact) mass is 307 g/mol. The summed E-state index contributed by atoms with van der Waals surface area (Å²) in [5.41, 5.74) is 0.721. The Kier molecular flexibility index (Phi) is 8.04. The Morgan fingerprint density at radius 1 is 1.18 bits per heavy atom. The first-order valence-corrected chi connectivity index (χ1v) is 7.78. The maximum absolute atomic E-state index is 11.7. The van der Waals surface area contributed by atoms with Crippen LogP contribution in [0.15, 0.2) is 24.3 Å². The Labute approximate surface area is 131 Å². The van der Waals surface area contributed by atoms with Crippen molar-refractivity contribution in [2.75, 3.05) is 11.9 Å². The normalized spacial score (nSPS) is 11.7. The van der Waals surface area contributed by atoms with E-state index in [-0.39, 0.29) is 12.5 Å². The van der Waals surface area contributed by atoms with E-state index < -0.39 is 11.9 Å². The fraction of sp³-hybridized carbons (Fsp3) is 0.529. The van der Waals surface area contributed by atoms with Gasteiger partial charge >= 0.3 is 5.97 Å². The number of nitrogens with one attached hydrogen (secondary N) is 1. The second-order valence-electron chi connectivity index (χ2n) is 5.43. The van der Waals surface area contributed by atoms with E-state index in [9.17, 15) is 9.59 Å². The molecule has 2 N–H and O–H groups in total. The lowest BCUT2D eigenvalue weighted by Gasteiger charge is -2.10. The number of carboxylic acid groups (broad SMARTS) is 1. The molecule has 0 aliphatic carbocycles. The highest BCUT2D eigenvalue weighted by Crippen LogP contribution is 2.17. The van der Waals surface area contributed by atoms with Crippen LogP contribution in [0.25, 0.3) is 0 Å². The summed E-state index contributed by atoms with van der Waals surface area (Å²) in [7, 11) is 0. The standard InChI is InChI=1S/C17H25NO4/c1-3-4-5-6-7-16(19)18-14-8-10-15(11-9-14)22-12-13(2)17(20)21/h8-11,13H,3-7,12H2,1-2H3,(H,18,19)(H,20,21). The van der Waals surface area contributed by atoms with Gasteiger partial charge in [-0.05, 0) is 37.6 Å². The van der Waals surface area contributed by atoms with Crippen LogP contribution in [0.3, 0.4) is 0 Å². The number of ether oxygens (including phenoxy) is 1. The zero-order chi connectivity index (χ0) is 16.4. The van der Waals surface area contributed by atoms with Crippen molar-refractivity contribution in [3.63, 3.8) is 0 Å². The van der Waals surface area contributed by atoms with Crippen molar-refractivity contribution in [3.8, 4) is 5.75 Å². The summed E-state index contributed by atoms with van der Waals surface area (Å²) >= 11 is 0. The van der Waals surface area contributed by atoms with Gasteiger partial charge in [0.1, 0.15) is 12.4 Å². The zero-order valence-electron chi connectivity index (χ0n) is 13.3. The number of amides is 1. The van der Waals surface area contributed by atoms with Gasteiger partial charge in [0.2, 0.25) is 5.91 Å². The quantitative estimate of drug-likeness (QED) is 0.646. The number of carboxylic acids is 1. The third-order valence-electron chi connectivity index (χ3n) is 3.32. The topological polar surface area (TPSA) is 75.6 Å². The Bertz CT molecular complexity index is 470. The van der Waals surface area contributed by atoms with E-state index in [1.54, 1.807) is 31.2 Å². The minimum Gasteiger partial charge on any atom is -0.493 e. The van der Waals surface area contributed by atoms with Gasteiger partial charge in [0.05, 0.1) is 5.92 Å². The molecule has 1 aromatic carbocycles. The maximum Gasteiger partial charge on any atom is 0.309 e. The summed E-state index contributed by atoms with van der Waals surface area (Å²) in [5, 5.41) is 11.6. The Morgan fingerprint density at radius 3 is 2.45 bits per heavy atom. The predicted octanol–water partition coefficient (Wildman–Crippen LogP) is 3.70. The maximum atomic E-state index is 11.7. The van der Waals surface area contributed by atoms with Gasteiger partial charge < -0.3 is 15.2 Å². The molecule has 5 heteroatoms. The number of hydrogen-bond donors (Lipinski definition) is 2. The van der Waals surface area contributed by atoms with Gasteiger partial charge in [-0.15, -0.1) is 0 Å². The molecule has 0 aromatic heterocycles. The van der Waals surface area contributed by atoms with E-state index in [4.69, 9.17) is 9.84 Å². The van der Waals surface area contributed by atoms with Crippen LogP contribution in [0.5, 0.6) is 5.75 Å². The molecule has 1 unspecified atom stereocenters. The lowest BCUT2D eigenvalue weighted by Crippen LogP contribution is -2.17. The number of unbranched alkanes of at least 4 members (excludes halogenated alkanes) is 3. The van der Waals surface area contributed by atoms with Gasteiger partial charge in [0.25, 0.3) is 0 Å². The number of benzene rings is 1. The first-order valence-electron chi connectivity index (χ1n) is 7.78. The molecule has 122 valence electrons. The van der Waals surface area contributed by atoms with E-state index in [2.05, 4.69) is 12.2 Å². The molecule has 0 aliphatic heterocycles. The van der Waals surface area contributed by atoms with Gasteiger partial charge in [-0.3, -0.25) is 9.59 Å². The van der Waals surface area contributed by atoms with Crippen molar-refractivity contribution in [1.82, 2.24) is 0 Å². The highest BCUT2D eigenvalue weighted by atomic mass is 16.5. The molecule has 1 rings (SSSR count). The van der Waals surface area contributed by atoms with E-state index in [1.165, 1.54) is 0 Å². The Hall–Kier alpha value is -2.04. The van der Waals surface area contributed by atoms with Gasteiger partial charge in [0, 0.05) is 12.1 Å². The molecule has 0 heterocycles. The first-order chi connectivity index (χ1) is 10.5. The van der Waals surface area contributed by atoms with Crippen molar-refractivity contribution in [2.45, 2.75) is 46.0 Å². The number of carbonyl (C=O) groups is 2. The SMILES string of the molecule is CCCCCCC(=O)Nc1ccc(OCC(C)C(=O)O)cc1. The molecule has 0 bridgehead atoms. The van der Waals surface area contributed by atoms with Crippen LogP contribution in [0.2, 0.25) is 0 Å². The third kappa shape index (κ3) is 7.11. The van der Waals surface area contributed by atoms with Crippen LogP contribution in [0.1, 0.15) is 46.0 Å². The molecule has 5 nitrogen and oxygen atoms in total. The highest BCUT2D eigenvalue weighted by molar-refractivity contribution is 5.90. The predicted molar refractivity (Wildman–Crippen MR) is 86.1 cm³/mol. The number of rotatable bonds is 10. The molecule has 1 atom stereocenters. The van der Waals surface area contributed by atoms with Crippen LogP contribution in [0.4, 0.5) is 5.69 Å². The molecule has 0 radical (unpaired) electrons. The van der Waals surface area contributed by atoms with E-state index in [0.29, 0.717) is 12.2 Å². The summed E-state index contributed by atoms with van der Waals surface area (Å²) in [6, 6.07) is 6.96.